The van der Waals surface area contributed by atoms with E-state index in [2.05, 4.69) is 20.7 Å². The summed E-state index contributed by atoms with van der Waals surface area (Å²) >= 11 is 3.26. The summed E-state index contributed by atoms with van der Waals surface area (Å²) in [7, 11) is -3.83. The average Bonchev–Trinajstić information content (AvgIpc) is 2.82. The highest BCUT2D eigenvalue weighted by molar-refractivity contribution is 9.10. The van der Waals surface area contributed by atoms with E-state index in [9.17, 15) is 13.2 Å². The van der Waals surface area contributed by atoms with Gasteiger partial charge in [-0.05, 0) is 65.3 Å². The minimum Gasteiger partial charge on any atom is -0.454 e. The van der Waals surface area contributed by atoms with Gasteiger partial charge >= 0.3 is 0 Å². The van der Waals surface area contributed by atoms with Gasteiger partial charge in [0, 0.05) is 16.7 Å². The van der Waals surface area contributed by atoms with Gasteiger partial charge in [-0.15, -0.1) is 0 Å². The quantitative estimate of drug-likeness (QED) is 0.577. The zero-order valence-electron chi connectivity index (χ0n) is 15.4. The third kappa shape index (κ3) is 3.61. The van der Waals surface area contributed by atoms with Crippen LogP contribution < -0.4 is 14.4 Å². The van der Waals surface area contributed by atoms with E-state index in [1.807, 2.05) is 25.1 Å². The van der Waals surface area contributed by atoms with E-state index in [0.717, 1.165) is 0 Å². The summed E-state index contributed by atoms with van der Waals surface area (Å²) in [4.78, 5) is 14.8. The number of fused-ring (bicyclic) bond motifs is 2. The molecule has 148 valence electrons. The predicted octanol–water partition coefficient (Wildman–Crippen LogP) is 5.02. The molecule has 0 spiro atoms. The molecule has 3 aromatic rings. The van der Waals surface area contributed by atoms with Crippen molar-refractivity contribution in [2.45, 2.75) is 11.8 Å². The molecular formula is C21H17BrN2O4S. The number of rotatable bonds is 4. The Morgan fingerprint density at radius 3 is 2.48 bits per heavy atom. The molecule has 0 aliphatic carbocycles. The summed E-state index contributed by atoms with van der Waals surface area (Å²) in [6, 6.07) is 18.5. The maximum atomic E-state index is 13.1. The molecule has 29 heavy (non-hydrogen) atoms. The maximum Gasteiger partial charge on any atom is 0.263 e. The summed E-state index contributed by atoms with van der Waals surface area (Å²) in [5.41, 5.74) is 1.24. The number of carbonyl (C=O) groups excluding carboxylic acids is 1. The normalized spacial score (nSPS) is 13.2. The molecule has 0 aromatic heterocycles. The van der Waals surface area contributed by atoms with Crippen LogP contribution in [-0.4, -0.2) is 20.9 Å². The number of ether oxygens (including phenoxy) is 1. The topological polar surface area (TPSA) is 75.7 Å². The summed E-state index contributed by atoms with van der Waals surface area (Å²) in [6.07, 6.45) is 0. The first kappa shape index (κ1) is 19.5. The fourth-order valence-electron chi connectivity index (χ4n) is 3.18. The van der Waals surface area contributed by atoms with Crippen LogP contribution in [0.4, 0.5) is 11.4 Å². The van der Waals surface area contributed by atoms with Crippen LogP contribution in [0.5, 0.6) is 11.5 Å². The minimum atomic E-state index is -3.83. The molecule has 0 bridgehead atoms. The van der Waals surface area contributed by atoms with Gasteiger partial charge < -0.3 is 9.64 Å². The Morgan fingerprint density at radius 1 is 1.00 bits per heavy atom. The SMILES string of the molecule is CCN1C(=O)c2cc(NS(=O)(=O)c3ccccc3Br)ccc2Oc2ccccc21. The lowest BCUT2D eigenvalue weighted by molar-refractivity contribution is 0.0988. The van der Waals surface area contributed by atoms with Crippen LogP contribution in [0.3, 0.4) is 0 Å². The molecule has 0 atom stereocenters. The Kier molecular flexibility index (Phi) is 5.06. The molecule has 6 nitrogen and oxygen atoms in total. The highest BCUT2D eigenvalue weighted by Gasteiger charge is 2.28. The number of hydrogen-bond acceptors (Lipinski definition) is 4. The van der Waals surface area contributed by atoms with Crippen molar-refractivity contribution in [3.05, 3.63) is 76.8 Å². The third-order valence-corrected chi connectivity index (χ3v) is 6.92. The number of sulfonamides is 1. The second-order valence-corrected chi connectivity index (χ2v) is 8.87. The van der Waals surface area contributed by atoms with Crippen LogP contribution in [-0.2, 0) is 10.0 Å². The van der Waals surface area contributed by atoms with Crippen LogP contribution in [0, 0.1) is 0 Å². The van der Waals surface area contributed by atoms with Gasteiger partial charge in [0.15, 0.2) is 5.75 Å². The molecule has 4 rings (SSSR count). The minimum absolute atomic E-state index is 0.111. The van der Waals surface area contributed by atoms with E-state index in [0.29, 0.717) is 28.2 Å². The van der Waals surface area contributed by atoms with E-state index in [1.54, 1.807) is 41.3 Å². The number of hydrogen-bond donors (Lipinski definition) is 1. The molecule has 0 fully saturated rings. The molecule has 1 aliphatic heterocycles. The number of carbonyl (C=O) groups is 1. The van der Waals surface area contributed by atoms with Gasteiger partial charge in [0.25, 0.3) is 15.9 Å². The third-order valence-electron chi connectivity index (χ3n) is 4.53. The molecule has 8 heteroatoms. The van der Waals surface area contributed by atoms with E-state index >= 15 is 0 Å². The van der Waals surface area contributed by atoms with Gasteiger partial charge in [0.1, 0.15) is 10.6 Å². The first-order valence-electron chi connectivity index (χ1n) is 8.91. The Hall–Kier alpha value is -2.84. The average molecular weight is 473 g/mol. The zero-order valence-corrected chi connectivity index (χ0v) is 17.8. The van der Waals surface area contributed by atoms with Gasteiger partial charge in [0.05, 0.1) is 11.3 Å². The number of benzene rings is 3. The lowest BCUT2D eigenvalue weighted by atomic mass is 10.1. The van der Waals surface area contributed by atoms with Gasteiger partial charge in [0.2, 0.25) is 0 Å². The number of nitrogens with one attached hydrogen (secondary N) is 1. The fraction of sp³-hybridized carbons (Fsp3) is 0.0952. The highest BCUT2D eigenvalue weighted by atomic mass is 79.9. The first-order chi connectivity index (χ1) is 13.9. The maximum absolute atomic E-state index is 13.1. The van der Waals surface area contributed by atoms with Crippen molar-refractivity contribution < 1.29 is 17.9 Å². The van der Waals surface area contributed by atoms with Crippen LogP contribution in [0.2, 0.25) is 0 Å². The molecule has 1 amide bonds. The molecule has 0 radical (unpaired) electrons. The molecule has 0 saturated heterocycles. The van der Waals surface area contributed by atoms with Crippen molar-refractivity contribution in [1.29, 1.82) is 0 Å². The number of amides is 1. The predicted molar refractivity (Wildman–Crippen MR) is 115 cm³/mol. The fourth-order valence-corrected chi connectivity index (χ4v) is 5.23. The van der Waals surface area contributed by atoms with Crippen molar-refractivity contribution in [2.24, 2.45) is 0 Å². The van der Waals surface area contributed by atoms with Gasteiger partial charge in [-0.1, -0.05) is 24.3 Å². The lowest BCUT2D eigenvalue weighted by Crippen LogP contribution is -2.29. The van der Waals surface area contributed by atoms with E-state index in [-0.39, 0.29) is 22.1 Å². The largest absolute Gasteiger partial charge is 0.454 e. The van der Waals surface area contributed by atoms with Gasteiger partial charge in [-0.2, -0.15) is 0 Å². The zero-order chi connectivity index (χ0) is 20.6. The standard InChI is InChI=1S/C21H17BrN2O4S/c1-2-24-17-8-4-5-9-19(17)28-18-12-11-14(13-15(18)21(24)25)23-29(26,27)20-10-6-3-7-16(20)22/h3-13,23H,2H2,1H3. The number of halogens is 1. The van der Waals surface area contributed by atoms with E-state index in [1.165, 1.54) is 12.1 Å². The number of para-hydroxylation sites is 2. The monoisotopic (exact) mass is 472 g/mol. The first-order valence-corrected chi connectivity index (χ1v) is 11.2. The molecule has 0 saturated carbocycles. The van der Waals surface area contributed by atoms with Crippen molar-refractivity contribution in [1.82, 2.24) is 0 Å². The second-order valence-electron chi connectivity index (χ2n) is 6.37. The van der Waals surface area contributed by atoms with E-state index < -0.39 is 10.0 Å². The Labute approximate surface area is 177 Å². The molecule has 0 unspecified atom stereocenters. The van der Waals surface area contributed by atoms with Crippen molar-refractivity contribution >= 4 is 43.2 Å². The van der Waals surface area contributed by atoms with Crippen molar-refractivity contribution in [2.75, 3.05) is 16.2 Å². The van der Waals surface area contributed by atoms with E-state index in [4.69, 9.17) is 4.74 Å². The molecule has 1 heterocycles. The summed E-state index contributed by atoms with van der Waals surface area (Å²) in [6.45, 7) is 2.32. The number of nitrogens with zero attached hydrogens (tertiary/aromatic N) is 1. The molecule has 1 N–H and O–H groups in total. The van der Waals surface area contributed by atoms with Crippen LogP contribution in [0.25, 0.3) is 0 Å². The van der Waals surface area contributed by atoms with Crippen LogP contribution in [0.15, 0.2) is 76.1 Å². The van der Waals surface area contributed by atoms with Crippen LogP contribution >= 0.6 is 15.9 Å². The Morgan fingerprint density at radius 2 is 1.72 bits per heavy atom. The number of anilines is 2. The summed E-state index contributed by atoms with van der Waals surface area (Å²) in [5, 5.41) is 0. The smallest absolute Gasteiger partial charge is 0.263 e. The molecular weight excluding hydrogens is 456 g/mol. The molecule has 3 aromatic carbocycles. The Bertz CT molecular complexity index is 1210. The molecule has 1 aliphatic rings. The van der Waals surface area contributed by atoms with Crippen molar-refractivity contribution in [3.8, 4) is 11.5 Å². The Balaban J connectivity index is 1.74. The summed E-state index contributed by atoms with van der Waals surface area (Å²) in [5.74, 6) is 0.694. The highest BCUT2D eigenvalue weighted by Crippen LogP contribution is 2.39. The second kappa shape index (κ2) is 7.53. The lowest BCUT2D eigenvalue weighted by Gasteiger charge is -2.20. The van der Waals surface area contributed by atoms with Gasteiger partial charge in [-0.3, -0.25) is 9.52 Å². The van der Waals surface area contributed by atoms with Gasteiger partial charge in [-0.25, -0.2) is 8.42 Å². The summed E-state index contributed by atoms with van der Waals surface area (Å²) < 4.78 is 34.5. The van der Waals surface area contributed by atoms with Crippen molar-refractivity contribution in [3.63, 3.8) is 0 Å². The van der Waals surface area contributed by atoms with Crippen LogP contribution in [0.1, 0.15) is 17.3 Å².